The zero-order valence-electron chi connectivity index (χ0n) is 63.7. The van der Waals surface area contributed by atoms with Crippen molar-refractivity contribution in [2.45, 2.75) is 528 Å². The van der Waals surface area contributed by atoms with E-state index in [0.29, 0.717) is 63.7 Å². The van der Waals surface area contributed by atoms with E-state index in [1.165, 1.54) is 13.8 Å². The van der Waals surface area contributed by atoms with Gasteiger partial charge in [-0.1, -0.05) is 303 Å². The lowest BCUT2D eigenvalue weighted by atomic mass is 9.86. The maximum atomic E-state index is 9.64. The normalized spacial score (nSPS) is 17.5. The molecule has 0 aromatic heterocycles. The maximum Gasteiger partial charge on any atom is 0.160 e. The standard InChI is InChI=1S/C9H18O5.C8H18O5.2C8H18O4.2C8H18O3.2C7H16O3.C7H16O2.22CH4/c1-2-3-5-7(11)8(12)6(4-10)14-9(5)13;1-2-3-5(10)7(12)8(13)6(11)4-9;1-3-4-6(10)8(12)7(11)5(2)9;1-2-3-6(10)4-7(11)8(12)5-9;1-3-4-5-7(10)8(11)6(2)9;1-2-3-4-7(10)5-8(11)6-9;1-2-3-7(4-8,5-9)6-10;1-2-3-4-6(9)7(10)5-8;1-2-3-7(6-9)4-5-8;;;;;;;;;;;;;;;;;;;;;;/h5-13H,2-4H2,1H3;5-13H,2-4H2,1H3;5-12H,3-4H2,1-2H3;6-12H,2-5H2,1H3;6-11H,3-5H2,1-2H3;7-11H,2-6H2,1H3;8-10H,2-6H2,1H3;6-10H,2-5H2,1H3;7-9H,2-6H2,1H3;22*1H4. The first-order chi connectivity index (χ1) is 47.9. The third kappa shape index (κ3) is 117. The van der Waals surface area contributed by atoms with Crippen molar-refractivity contribution in [3.63, 3.8) is 0 Å². The third-order valence-corrected chi connectivity index (χ3v) is 16.3. The summed E-state index contributed by atoms with van der Waals surface area (Å²) in [7, 11) is 0. The van der Waals surface area contributed by atoms with E-state index in [2.05, 4.69) is 13.8 Å². The average molecular weight is 1860 g/mol. The Labute approximate surface area is 771 Å². The van der Waals surface area contributed by atoms with Crippen LogP contribution in [0.2, 0.25) is 0 Å². The molecule has 1 aliphatic heterocycles. The van der Waals surface area contributed by atoms with Gasteiger partial charge in [-0.05, 0) is 84.0 Å². The van der Waals surface area contributed by atoms with Crippen molar-refractivity contribution in [3.05, 3.63) is 0 Å². The molecule has 804 valence electrons. The third-order valence-electron chi connectivity index (χ3n) is 16.3. The van der Waals surface area contributed by atoms with Gasteiger partial charge in [0.2, 0.25) is 0 Å². The van der Waals surface area contributed by atoms with Crippen LogP contribution in [0.15, 0.2) is 0 Å². The smallest absolute Gasteiger partial charge is 0.160 e. The number of rotatable bonds is 46. The highest BCUT2D eigenvalue weighted by molar-refractivity contribution is 4.88. The highest BCUT2D eigenvalue weighted by Crippen LogP contribution is 2.28. The van der Waals surface area contributed by atoms with Gasteiger partial charge in [0.25, 0.3) is 0 Å². The molecule has 0 aromatic rings. The zero-order valence-corrected chi connectivity index (χ0v) is 63.7. The summed E-state index contributed by atoms with van der Waals surface area (Å²) in [5.41, 5.74) is -0.658. The lowest BCUT2D eigenvalue weighted by molar-refractivity contribution is -0.270. The molecule has 0 bridgehead atoms. The molecule has 0 aromatic carbocycles. The molecule has 0 aliphatic carbocycles. The molecule has 32 nitrogen and oxygen atoms in total. The molecule has 1 fully saturated rings. The Bertz CT molecular complexity index is 1620. The molecular formula is C92H244O32. The Hall–Kier alpha value is -1.28. The summed E-state index contributed by atoms with van der Waals surface area (Å²) >= 11 is 0. The number of ether oxygens (including phenoxy) is 1. The van der Waals surface area contributed by atoms with Crippen LogP contribution in [-0.4, -0.2) is 359 Å². The van der Waals surface area contributed by atoms with Crippen LogP contribution in [0.3, 0.4) is 0 Å². The number of aliphatic hydroxyl groups excluding tert-OH is 31. The molecular weight excluding hydrogens is 1620 g/mol. The number of aliphatic hydroxyl groups is 31. The Morgan fingerprint density at radius 2 is 0.597 bits per heavy atom. The summed E-state index contributed by atoms with van der Waals surface area (Å²) in [5, 5.41) is 278. The lowest BCUT2D eigenvalue weighted by Gasteiger charge is -2.40. The molecule has 0 saturated carbocycles. The van der Waals surface area contributed by atoms with Crippen LogP contribution in [0.1, 0.15) is 394 Å². The first kappa shape index (κ1) is 211. The molecule has 0 amide bonds. The molecule has 124 heavy (non-hydrogen) atoms. The van der Waals surface area contributed by atoms with Crippen LogP contribution in [0.25, 0.3) is 0 Å². The lowest BCUT2D eigenvalue weighted by Crippen LogP contribution is -2.55. The van der Waals surface area contributed by atoms with Gasteiger partial charge < -0.3 is 163 Å². The van der Waals surface area contributed by atoms with Crippen molar-refractivity contribution in [2.24, 2.45) is 17.3 Å². The minimum absolute atomic E-state index is 0. The van der Waals surface area contributed by atoms with Crippen LogP contribution in [-0.2, 0) is 4.74 Å². The molecule has 1 aliphatic rings. The van der Waals surface area contributed by atoms with E-state index in [9.17, 15) is 51.1 Å². The number of unbranched alkanes of at least 4 members (excludes halogenated alkanes) is 3. The van der Waals surface area contributed by atoms with Crippen molar-refractivity contribution < 1.29 is 163 Å². The summed E-state index contributed by atoms with van der Waals surface area (Å²) in [6, 6.07) is 0. The van der Waals surface area contributed by atoms with Crippen molar-refractivity contribution in [2.75, 3.05) is 66.1 Å². The Kier molecular flexibility index (Phi) is 242. The molecule has 1 heterocycles. The van der Waals surface area contributed by atoms with Crippen LogP contribution in [0.4, 0.5) is 0 Å². The number of hydrogen-bond acceptors (Lipinski definition) is 32. The topological polar surface area (TPSA) is 636 Å². The van der Waals surface area contributed by atoms with Crippen molar-refractivity contribution in [1.82, 2.24) is 0 Å². The van der Waals surface area contributed by atoms with E-state index in [1.807, 2.05) is 48.5 Å². The molecule has 24 unspecified atom stereocenters. The van der Waals surface area contributed by atoms with Crippen LogP contribution in [0.5, 0.6) is 0 Å². The van der Waals surface area contributed by atoms with Gasteiger partial charge in [0.15, 0.2) is 6.29 Å². The van der Waals surface area contributed by atoms with Crippen LogP contribution >= 0.6 is 0 Å². The summed E-state index contributed by atoms with van der Waals surface area (Å²) in [6.45, 7) is 18.3. The van der Waals surface area contributed by atoms with Crippen LogP contribution in [0, 0.1) is 17.3 Å². The minimum Gasteiger partial charge on any atom is -0.396 e. The SMILES string of the molecule is C.C.C.C.C.C.C.C.C.C.C.C.C.C.C.C.C.C.C.C.C.C.CCCC(CO)(CO)CO.CCCC(CO)CCO.CCCC(O)C(O)C(O)C(C)O.CCCC(O)C(O)C(O)C(O)CO.CCCC(O)CC(O)C(O)CO.CCCC1C(O)OC(CO)C(O)C1O.CCCCC(O)C(O)C(C)O.CCCCC(O)C(O)CO.CCCCC(O)CC(O)CO. The van der Waals surface area contributed by atoms with E-state index in [0.717, 1.165) is 83.5 Å². The van der Waals surface area contributed by atoms with Crippen LogP contribution < -0.4 is 0 Å². The van der Waals surface area contributed by atoms with Crippen molar-refractivity contribution in [1.29, 1.82) is 0 Å². The fourth-order valence-electron chi connectivity index (χ4n) is 9.23. The second-order valence-electron chi connectivity index (χ2n) is 26.2. The molecule has 32 heteroatoms. The Morgan fingerprint density at radius 1 is 0.274 bits per heavy atom. The van der Waals surface area contributed by atoms with Gasteiger partial charge >= 0.3 is 0 Å². The quantitative estimate of drug-likeness (QED) is 0.0269. The molecule has 0 radical (unpaired) electrons. The van der Waals surface area contributed by atoms with Crippen molar-refractivity contribution in [3.8, 4) is 0 Å². The highest BCUT2D eigenvalue weighted by Gasteiger charge is 2.43. The van der Waals surface area contributed by atoms with E-state index >= 15 is 0 Å². The second-order valence-corrected chi connectivity index (χ2v) is 26.2. The van der Waals surface area contributed by atoms with Gasteiger partial charge in [-0.15, -0.1) is 0 Å². The van der Waals surface area contributed by atoms with Gasteiger partial charge in [0.05, 0.1) is 120 Å². The largest absolute Gasteiger partial charge is 0.396 e. The molecule has 1 saturated heterocycles. The summed E-state index contributed by atoms with van der Waals surface area (Å²) in [4.78, 5) is 0. The first-order valence-corrected chi connectivity index (χ1v) is 36.9. The maximum absolute atomic E-state index is 9.64. The first-order valence-electron chi connectivity index (χ1n) is 36.9. The van der Waals surface area contributed by atoms with E-state index in [1.54, 1.807) is 0 Å². The summed E-state index contributed by atoms with van der Waals surface area (Å²) < 4.78 is 4.98. The predicted molar refractivity (Wildman–Crippen MR) is 533 cm³/mol. The highest BCUT2D eigenvalue weighted by atomic mass is 16.6. The Balaban J connectivity index is -0.0000000281. The minimum atomic E-state index is -1.51. The molecule has 1 rings (SSSR count). The predicted octanol–water partition coefficient (Wildman–Crippen LogP) is 10.5. The van der Waals surface area contributed by atoms with E-state index < -0.39 is 166 Å². The monoisotopic (exact) mass is 1860 g/mol. The van der Waals surface area contributed by atoms with Gasteiger partial charge in [-0.25, -0.2) is 0 Å². The number of hydrogen-bond donors (Lipinski definition) is 31. The van der Waals surface area contributed by atoms with E-state index in [-0.39, 0.29) is 222 Å². The van der Waals surface area contributed by atoms with Crippen molar-refractivity contribution >= 4 is 0 Å². The second kappa shape index (κ2) is 142. The van der Waals surface area contributed by atoms with Gasteiger partial charge in [0, 0.05) is 37.4 Å². The zero-order chi connectivity index (χ0) is 81.1. The average Bonchev–Trinajstić information content (AvgIpc) is 0.819. The summed E-state index contributed by atoms with van der Waals surface area (Å²) in [6.07, 6.45) is -5.04. The fourth-order valence-corrected chi connectivity index (χ4v) is 9.23. The summed E-state index contributed by atoms with van der Waals surface area (Å²) in [5.74, 6) is -0.155. The molecule has 31 N–H and O–H groups in total. The van der Waals surface area contributed by atoms with E-state index in [4.69, 9.17) is 112 Å². The molecule has 24 atom stereocenters. The Morgan fingerprint density at radius 3 is 0.879 bits per heavy atom. The van der Waals surface area contributed by atoms with Gasteiger partial charge in [-0.2, -0.15) is 0 Å². The fraction of sp³-hybridized carbons (Fsp3) is 1.00. The van der Waals surface area contributed by atoms with Gasteiger partial charge in [-0.3, -0.25) is 0 Å². The molecule has 0 spiro atoms. The van der Waals surface area contributed by atoms with Gasteiger partial charge in [0.1, 0.15) is 61.0 Å².